The lowest BCUT2D eigenvalue weighted by Crippen LogP contribution is -2.07. The van der Waals surface area contributed by atoms with E-state index in [9.17, 15) is 14.7 Å². The molecule has 0 atom stereocenters. The maximum Gasteiger partial charge on any atom is 0.337 e. The van der Waals surface area contributed by atoms with E-state index in [0.717, 1.165) is 11.1 Å². The number of hydrogen-bond acceptors (Lipinski definition) is 3. The largest absolute Gasteiger partial charge is 0.478 e. The van der Waals surface area contributed by atoms with Gasteiger partial charge in [-0.25, -0.2) is 4.79 Å². The van der Waals surface area contributed by atoms with Crippen LogP contribution < -0.4 is 11.3 Å². The first-order valence-electron chi connectivity index (χ1n) is 7.31. The van der Waals surface area contributed by atoms with Gasteiger partial charge < -0.3 is 20.8 Å². The number of carboxylic acid groups (broad SMARTS) is 1. The number of carboxylic acids is 1. The highest BCUT2D eigenvalue weighted by Crippen LogP contribution is 2.29. The van der Waals surface area contributed by atoms with Gasteiger partial charge in [0.25, 0.3) is 5.56 Å². The number of nitrogens with one attached hydrogen (secondary N) is 2. The molecule has 0 fully saturated rings. The molecule has 0 unspecified atom stereocenters. The fourth-order valence-electron chi connectivity index (χ4n) is 2.95. The van der Waals surface area contributed by atoms with Crippen LogP contribution in [0, 0.1) is 0 Å². The first-order chi connectivity index (χ1) is 11.5. The number of carbonyl (C=O) groups is 1. The summed E-state index contributed by atoms with van der Waals surface area (Å²) in [5.41, 5.74) is 8.84. The van der Waals surface area contributed by atoms with E-state index in [-0.39, 0.29) is 16.6 Å². The number of benzene rings is 2. The van der Waals surface area contributed by atoms with Crippen molar-refractivity contribution in [1.29, 1.82) is 0 Å². The molecule has 0 spiro atoms. The van der Waals surface area contributed by atoms with Gasteiger partial charge in [-0.3, -0.25) is 4.79 Å². The summed E-state index contributed by atoms with van der Waals surface area (Å²) in [7, 11) is 0. The molecule has 4 rings (SSSR count). The number of anilines is 1. The van der Waals surface area contributed by atoms with Crippen molar-refractivity contribution in [3.05, 3.63) is 64.6 Å². The van der Waals surface area contributed by atoms with Gasteiger partial charge >= 0.3 is 5.97 Å². The van der Waals surface area contributed by atoms with Gasteiger partial charge in [0.2, 0.25) is 0 Å². The minimum Gasteiger partial charge on any atom is -0.478 e. The smallest absolute Gasteiger partial charge is 0.337 e. The Bertz CT molecular complexity index is 1150. The second-order valence-corrected chi connectivity index (χ2v) is 5.59. The van der Waals surface area contributed by atoms with Crippen molar-refractivity contribution in [1.82, 2.24) is 9.97 Å². The van der Waals surface area contributed by atoms with E-state index in [4.69, 9.17) is 5.73 Å². The Morgan fingerprint density at radius 1 is 1.04 bits per heavy atom. The van der Waals surface area contributed by atoms with E-state index in [1.807, 2.05) is 24.3 Å². The second-order valence-electron chi connectivity index (χ2n) is 5.59. The summed E-state index contributed by atoms with van der Waals surface area (Å²) in [6, 6.07) is 12.9. The van der Waals surface area contributed by atoms with Gasteiger partial charge in [0.1, 0.15) is 5.52 Å². The first-order valence-corrected chi connectivity index (χ1v) is 7.31. The quantitative estimate of drug-likeness (QED) is 0.425. The zero-order valence-electron chi connectivity index (χ0n) is 12.5. The molecule has 2 heterocycles. The third-order valence-electron chi connectivity index (χ3n) is 4.12. The van der Waals surface area contributed by atoms with Gasteiger partial charge in [0, 0.05) is 28.2 Å². The van der Waals surface area contributed by atoms with Crippen molar-refractivity contribution in [2.45, 2.75) is 0 Å². The molecule has 0 saturated carbocycles. The maximum atomic E-state index is 12.1. The molecule has 0 aliphatic rings. The van der Waals surface area contributed by atoms with Gasteiger partial charge in [-0.2, -0.15) is 0 Å². The van der Waals surface area contributed by atoms with Crippen LogP contribution in [0.25, 0.3) is 32.9 Å². The van der Waals surface area contributed by atoms with Crippen molar-refractivity contribution in [3.63, 3.8) is 0 Å². The summed E-state index contributed by atoms with van der Waals surface area (Å²) < 4.78 is 0. The molecule has 24 heavy (non-hydrogen) atoms. The summed E-state index contributed by atoms with van der Waals surface area (Å²) in [4.78, 5) is 29.1. The van der Waals surface area contributed by atoms with Gasteiger partial charge in [-0.05, 0) is 35.4 Å². The van der Waals surface area contributed by atoms with E-state index in [2.05, 4.69) is 9.97 Å². The minimum atomic E-state index is -1.08. The van der Waals surface area contributed by atoms with Crippen molar-refractivity contribution >= 4 is 33.5 Å². The number of hydrogen-bond donors (Lipinski definition) is 4. The number of rotatable bonds is 2. The average Bonchev–Trinajstić information content (AvgIpc) is 3.02. The summed E-state index contributed by atoms with van der Waals surface area (Å²) in [6.07, 6.45) is 1.34. The number of H-pyrrole nitrogens is 2. The van der Waals surface area contributed by atoms with Crippen molar-refractivity contribution in [2.24, 2.45) is 0 Å². The molecule has 6 heteroatoms. The predicted molar refractivity (Wildman–Crippen MR) is 93.2 cm³/mol. The molecule has 0 bridgehead atoms. The number of aromatic carboxylic acids is 1. The fourth-order valence-corrected chi connectivity index (χ4v) is 2.95. The Hall–Kier alpha value is -3.54. The highest BCUT2D eigenvalue weighted by atomic mass is 16.4. The minimum absolute atomic E-state index is 0.0792. The molecule has 4 aromatic rings. The second kappa shape index (κ2) is 4.99. The molecular weight excluding hydrogens is 306 g/mol. The lowest BCUT2D eigenvalue weighted by atomic mass is 10.0. The van der Waals surface area contributed by atoms with Gasteiger partial charge in [-0.15, -0.1) is 0 Å². The Morgan fingerprint density at radius 3 is 2.46 bits per heavy atom. The standard InChI is InChI=1S/C18H13N3O3/c19-11-4-1-9(2-5-11)10-3-6-14-12(7-10)15-13(18(23)24)8-20-16(15)17(22)21-14/h1-8,20H,19H2,(H,21,22)(H,23,24). The van der Waals surface area contributed by atoms with Gasteiger partial charge in [0.15, 0.2) is 0 Å². The van der Waals surface area contributed by atoms with Crippen LogP contribution in [0.15, 0.2) is 53.5 Å². The molecule has 2 aromatic carbocycles. The zero-order chi connectivity index (χ0) is 16.8. The molecule has 0 aliphatic carbocycles. The Kier molecular flexibility index (Phi) is 2.93. The summed E-state index contributed by atoms with van der Waals surface area (Å²) in [5, 5.41) is 10.5. The normalized spacial score (nSPS) is 11.2. The van der Waals surface area contributed by atoms with Crippen LogP contribution in [0.4, 0.5) is 5.69 Å². The van der Waals surface area contributed by atoms with Crippen LogP contribution >= 0.6 is 0 Å². The predicted octanol–water partition coefficient (Wildman–Crippen LogP) is 2.96. The number of nitrogen functional groups attached to an aromatic ring is 1. The molecule has 118 valence electrons. The number of fused-ring (bicyclic) bond motifs is 3. The number of pyridine rings is 1. The SMILES string of the molecule is Nc1ccc(-c2ccc3[nH]c(=O)c4[nH]cc(C(=O)O)c4c3c2)cc1. The molecule has 5 N–H and O–H groups in total. The lowest BCUT2D eigenvalue weighted by molar-refractivity contribution is 0.0699. The third-order valence-corrected chi connectivity index (χ3v) is 4.12. The Balaban J connectivity index is 2.08. The molecule has 0 aliphatic heterocycles. The Labute approximate surface area is 135 Å². The number of aromatic nitrogens is 2. The first kappa shape index (κ1) is 14.1. The third kappa shape index (κ3) is 2.04. The molecular formula is C18H13N3O3. The van der Waals surface area contributed by atoms with E-state index < -0.39 is 5.97 Å². The highest BCUT2D eigenvalue weighted by molar-refractivity contribution is 6.15. The summed E-state index contributed by atoms with van der Waals surface area (Å²) in [5.74, 6) is -1.08. The topological polar surface area (TPSA) is 112 Å². The molecule has 6 nitrogen and oxygen atoms in total. The van der Waals surface area contributed by atoms with Crippen molar-refractivity contribution in [3.8, 4) is 11.1 Å². The van der Waals surface area contributed by atoms with E-state index in [0.29, 0.717) is 22.0 Å². The van der Waals surface area contributed by atoms with E-state index in [1.54, 1.807) is 18.2 Å². The average molecular weight is 319 g/mol. The summed E-state index contributed by atoms with van der Waals surface area (Å²) >= 11 is 0. The zero-order valence-corrected chi connectivity index (χ0v) is 12.5. The monoisotopic (exact) mass is 319 g/mol. The molecule has 0 radical (unpaired) electrons. The van der Waals surface area contributed by atoms with Gasteiger partial charge in [0.05, 0.1) is 5.56 Å². The highest BCUT2D eigenvalue weighted by Gasteiger charge is 2.16. The van der Waals surface area contributed by atoms with Crippen LogP contribution in [-0.4, -0.2) is 21.0 Å². The van der Waals surface area contributed by atoms with Crippen LogP contribution in [-0.2, 0) is 0 Å². The van der Waals surface area contributed by atoms with Crippen LogP contribution in [0.1, 0.15) is 10.4 Å². The molecule has 0 amide bonds. The molecule has 0 saturated heterocycles. The van der Waals surface area contributed by atoms with Gasteiger partial charge in [-0.1, -0.05) is 18.2 Å². The Morgan fingerprint density at radius 2 is 1.75 bits per heavy atom. The number of nitrogens with two attached hydrogens (primary N) is 1. The van der Waals surface area contributed by atoms with Crippen molar-refractivity contribution in [2.75, 3.05) is 5.73 Å². The van der Waals surface area contributed by atoms with Crippen LogP contribution in [0.5, 0.6) is 0 Å². The molecule has 2 aromatic heterocycles. The maximum absolute atomic E-state index is 12.1. The van der Waals surface area contributed by atoms with Crippen LogP contribution in [0.3, 0.4) is 0 Å². The van der Waals surface area contributed by atoms with E-state index in [1.165, 1.54) is 6.20 Å². The summed E-state index contributed by atoms with van der Waals surface area (Å²) in [6.45, 7) is 0. The van der Waals surface area contributed by atoms with E-state index >= 15 is 0 Å². The van der Waals surface area contributed by atoms with Crippen LogP contribution in [0.2, 0.25) is 0 Å². The fraction of sp³-hybridized carbons (Fsp3) is 0. The van der Waals surface area contributed by atoms with Crippen molar-refractivity contribution < 1.29 is 9.90 Å². The lowest BCUT2D eigenvalue weighted by Gasteiger charge is -2.06. The number of aromatic amines is 2.